The highest BCUT2D eigenvalue weighted by molar-refractivity contribution is 6.04. The minimum absolute atomic E-state index is 0.0868. The zero-order chi connectivity index (χ0) is 15.4. The van der Waals surface area contributed by atoms with E-state index in [2.05, 4.69) is 5.32 Å². The van der Waals surface area contributed by atoms with Gasteiger partial charge in [-0.2, -0.15) is 0 Å². The van der Waals surface area contributed by atoms with Crippen LogP contribution in [0.1, 0.15) is 10.4 Å². The number of ether oxygens (including phenoxy) is 1. The predicted molar refractivity (Wildman–Crippen MR) is 74.0 cm³/mol. The normalized spacial score (nSPS) is 10.0. The van der Waals surface area contributed by atoms with Crippen molar-refractivity contribution in [1.82, 2.24) is 0 Å². The fraction of sp³-hybridized carbons (Fsp3) is 0.0714. The Balaban J connectivity index is 2.25. The number of nitrogens with one attached hydrogen (secondary N) is 1. The first-order valence-corrected chi connectivity index (χ1v) is 5.90. The summed E-state index contributed by atoms with van der Waals surface area (Å²) >= 11 is 0. The third-order valence-corrected chi connectivity index (χ3v) is 2.72. The molecule has 1 amide bonds. The number of benzene rings is 2. The predicted octanol–water partition coefficient (Wildman–Crippen LogP) is 2.99. The Morgan fingerprint density at radius 3 is 2.67 bits per heavy atom. The Hall–Kier alpha value is -2.96. The van der Waals surface area contributed by atoms with Crippen LogP contribution in [0.3, 0.4) is 0 Å². The van der Waals surface area contributed by atoms with Crippen molar-refractivity contribution in [2.45, 2.75) is 0 Å². The van der Waals surface area contributed by atoms with Crippen LogP contribution in [0.15, 0.2) is 42.5 Å². The molecule has 2 aromatic carbocycles. The number of rotatable bonds is 4. The molecular formula is C14H11FN2O4. The number of methoxy groups -OCH3 is 1. The van der Waals surface area contributed by atoms with E-state index in [1.54, 1.807) is 0 Å². The van der Waals surface area contributed by atoms with Crippen LogP contribution in [0.25, 0.3) is 0 Å². The minimum Gasteiger partial charge on any atom is -0.490 e. The van der Waals surface area contributed by atoms with Gasteiger partial charge in [-0.15, -0.1) is 0 Å². The Labute approximate surface area is 119 Å². The van der Waals surface area contributed by atoms with Crippen molar-refractivity contribution in [3.63, 3.8) is 0 Å². The largest absolute Gasteiger partial charge is 0.490 e. The smallest absolute Gasteiger partial charge is 0.312 e. The van der Waals surface area contributed by atoms with Crippen LogP contribution in [0.4, 0.5) is 15.8 Å². The Bertz CT molecular complexity index is 703. The van der Waals surface area contributed by atoms with E-state index < -0.39 is 16.6 Å². The van der Waals surface area contributed by atoms with Crippen molar-refractivity contribution in [3.05, 3.63) is 64.0 Å². The Kier molecular flexibility index (Phi) is 4.13. The molecule has 6 nitrogen and oxygen atoms in total. The molecule has 0 bridgehead atoms. The number of amides is 1. The van der Waals surface area contributed by atoms with E-state index in [9.17, 15) is 19.3 Å². The molecule has 0 heterocycles. The number of carbonyl (C=O) groups is 1. The number of anilines is 1. The second kappa shape index (κ2) is 6.00. The van der Waals surface area contributed by atoms with Gasteiger partial charge in [0.25, 0.3) is 5.91 Å². The van der Waals surface area contributed by atoms with Crippen LogP contribution in [0, 0.1) is 15.9 Å². The van der Waals surface area contributed by atoms with Gasteiger partial charge < -0.3 is 10.1 Å². The molecule has 0 aliphatic heterocycles. The quantitative estimate of drug-likeness (QED) is 0.693. The number of hydrogen-bond donors (Lipinski definition) is 1. The zero-order valence-corrected chi connectivity index (χ0v) is 11.0. The summed E-state index contributed by atoms with van der Waals surface area (Å²) in [5.74, 6) is -1.01. The number of nitro groups is 1. The lowest BCUT2D eigenvalue weighted by Gasteiger charge is -2.07. The molecule has 7 heteroatoms. The Morgan fingerprint density at radius 2 is 2.05 bits per heavy atom. The van der Waals surface area contributed by atoms with Crippen molar-refractivity contribution in [1.29, 1.82) is 0 Å². The first kappa shape index (κ1) is 14.4. The van der Waals surface area contributed by atoms with Crippen LogP contribution >= 0.6 is 0 Å². The maximum absolute atomic E-state index is 13.0. The summed E-state index contributed by atoms with van der Waals surface area (Å²) in [7, 11) is 1.31. The summed E-state index contributed by atoms with van der Waals surface area (Å²) in [6.07, 6.45) is 0. The minimum atomic E-state index is -0.614. The van der Waals surface area contributed by atoms with E-state index in [0.29, 0.717) is 0 Å². The average Bonchev–Trinajstić information content (AvgIpc) is 2.47. The van der Waals surface area contributed by atoms with E-state index in [4.69, 9.17) is 4.74 Å². The molecule has 2 aromatic rings. The molecule has 0 aromatic heterocycles. The van der Waals surface area contributed by atoms with Crippen molar-refractivity contribution in [2.24, 2.45) is 0 Å². The molecule has 0 aliphatic rings. The van der Waals surface area contributed by atoms with Gasteiger partial charge in [0.2, 0.25) is 0 Å². The van der Waals surface area contributed by atoms with Gasteiger partial charge in [0, 0.05) is 17.3 Å². The van der Waals surface area contributed by atoms with Gasteiger partial charge in [0.05, 0.1) is 12.0 Å². The highest BCUT2D eigenvalue weighted by Crippen LogP contribution is 2.29. The van der Waals surface area contributed by atoms with Crippen LogP contribution in [0.5, 0.6) is 5.75 Å². The van der Waals surface area contributed by atoms with Gasteiger partial charge >= 0.3 is 5.69 Å². The molecule has 1 N–H and O–H groups in total. The maximum Gasteiger partial charge on any atom is 0.312 e. The summed E-state index contributed by atoms with van der Waals surface area (Å²) in [4.78, 5) is 22.2. The molecule has 108 valence electrons. The van der Waals surface area contributed by atoms with E-state index in [-0.39, 0.29) is 22.7 Å². The summed E-state index contributed by atoms with van der Waals surface area (Å²) in [6.45, 7) is 0. The molecule has 21 heavy (non-hydrogen) atoms. The van der Waals surface area contributed by atoms with E-state index in [0.717, 1.165) is 6.07 Å². The van der Waals surface area contributed by atoms with Crippen LogP contribution < -0.4 is 10.1 Å². The molecule has 0 saturated carbocycles. The number of hydrogen-bond acceptors (Lipinski definition) is 4. The summed E-state index contributed by atoms with van der Waals surface area (Å²) in [5, 5.41) is 13.4. The molecule has 2 rings (SSSR count). The summed E-state index contributed by atoms with van der Waals surface area (Å²) in [6, 6.07) is 9.15. The van der Waals surface area contributed by atoms with Gasteiger partial charge in [0.15, 0.2) is 5.75 Å². The van der Waals surface area contributed by atoms with Crippen LogP contribution in [-0.2, 0) is 0 Å². The lowest BCUT2D eigenvalue weighted by Crippen LogP contribution is -2.12. The summed E-state index contributed by atoms with van der Waals surface area (Å²) in [5.41, 5.74) is 0.0692. The molecule has 0 aliphatic carbocycles. The monoisotopic (exact) mass is 290 g/mol. The second-order valence-corrected chi connectivity index (χ2v) is 4.11. The molecule has 0 unspecified atom stereocenters. The maximum atomic E-state index is 13.0. The lowest BCUT2D eigenvalue weighted by molar-refractivity contribution is -0.385. The first-order chi connectivity index (χ1) is 10.0. The summed E-state index contributed by atoms with van der Waals surface area (Å²) < 4.78 is 17.9. The molecule has 0 spiro atoms. The standard InChI is InChI=1S/C14H11FN2O4/c1-21-13-6-5-11(8-12(13)17(19)20)16-14(18)9-3-2-4-10(15)7-9/h2-8H,1H3,(H,16,18). The molecular weight excluding hydrogens is 279 g/mol. The second-order valence-electron chi connectivity index (χ2n) is 4.11. The van der Waals surface area contributed by atoms with Crippen molar-refractivity contribution < 1.29 is 18.8 Å². The lowest BCUT2D eigenvalue weighted by atomic mass is 10.2. The van der Waals surface area contributed by atoms with Crippen molar-refractivity contribution >= 4 is 17.3 Å². The van der Waals surface area contributed by atoms with Crippen LogP contribution in [0.2, 0.25) is 0 Å². The van der Waals surface area contributed by atoms with E-state index in [1.165, 1.54) is 43.5 Å². The first-order valence-electron chi connectivity index (χ1n) is 5.90. The third-order valence-electron chi connectivity index (χ3n) is 2.72. The fourth-order valence-electron chi connectivity index (χ4n) is 1.74. The number of halogens is 1. The number of carbonyl (C=O) groups excluding carboxylic acids is 1. The molecule has 0 atom stereocenters. The fourth-order valence-corrected chi connectivity index (χ4v) is 1.74. The van der Waals surface area contributed by atoms with Crippen molar-refractivity contribution in [2.75, 3.05) is 12.4 Å². The molecule has 0 fully saturated rings. The number of nitrogens with zero attached hydrogens (tertiary/aromatic N) is 1. The molecule has 0 saturated heterocycles. The highest BCUT2D eigenvalue weighted by Gasteiger charge is 2.16. The van der Waals surface area contributed by atoms with Crippen molar-refractivity contribution in [3.8, 4) is 5.75 Å². The van der Waals surface area contributed by atoms with Gasteiger partial charge in [-0.25, -0.2) is 4.39 Å². The van der Waals surface area contributed by atoms with E-state index in [1.807, 2.05) is 0 Å². The zero-order valence-electron chi connectivity index (χ0n) is 11.0. The third kappa shape index (κ3) is 3.33. The van der Waals surface area contributed by atoms with Gasteiger partial charge in [0.1, 0.15) is 5.82 Å². The van der Waals surface area contributed by atoms with Crippen LogP contribution in [-0.4, -0.2) is 17.9 Å². The van der Waals surface area contributed by atoms with Gasteiger partial charge in [-0.05, 0) is 30.3 Å². The average molecular weight is 290 g/mol. The van der Waals surface area contributed by atoms with E-state index >= 15 is 0 Å². The SMILES string of the molecule is COc1ccc(NC(=O)c2cccc(F)c2)cc1[N+](=O)[O-]. The highest BCUT2D eigenvalue weighted by atomic mass is 19.1. The molecule has 0 radical (unpaired) electrons. The topological polar surface area (TPSA) is 81.5 Å². The number of nitro benzene ring substituents is 1. The van der Waals surface area contributed by atoms with Gasteiger partial charge in [-0.3, -0.25) is 14.9 Å². The van der Waals surface area contributed by atoms with Gasteiger partial charge in [-0.1, -0.05) is 6.07 Å². The Morgan fingerprint density at radius 1 is 1.29 bits per heavy atom.